The average molecular weight is 140 g/mol. The van der Waals surface area contributed by atoms with E-state index in [0.717, 1.165) is 6.61 Å². The SMILES string of the molecule is CC1(C)CCC12CCCO2. The fourth-order valence-corrected chi connectivity index (χ4v) is 2.33. The monoisotopic (exact) mass is 140 g/mol. The standard InChI is InChI=1S/C9H16O/c1-8(2)5-6-9(8)4-3-7-10-9/h3-7H2,1-2H3. The second kappa shape index (κ2) is 1.76. The van der Waals surface area contributed by atoms with Gasteiger partial charge in [0, 0.05) is 6.61 Å². The minimum Gasteiger partial charge on any atom is -0.374 e. The summed E-state index contributed by atoms with van der Waals surface area (Å²) in [5.41, 5.74) is 0.788. The van der Waals surface area contributed by atoms with Gasteiger partial charge < -0.3 is 4.74 Å². The highest BCUT2D eigenvalue weighted by molar-refractivity contribution is 5.06. The molecule has 1 spiro atoms. The van der Waals surface area contributed by atoms with Gasteiger partial charge in [-0.2, -0.15) is 0 Å². The van der Waals surface area contributed by atoms with Crippen LogP contribution in [0.3, 0.4) is 0 Å². The van der Waals surface area contributed by atoms with Crippen LogP contribution in [-0.4, -0.2) is 12.2 Å². The maximum absolute atomic E-state index is 5.79. The van der Waals surface area contributed by atoms with Crippen molar-refractivity contribution < 1.29 is 4.74 Å². The van der Waals surface area contributed by atoms with Crippen LogP contribution in [0.5, 0.6) is 0 Å². The van der Waals surface area contributed by atoms with Crippen LogP contribution in [0.15, 0.2) is 0 Å². The van der Waals surface area contributed by atoms with Gasteiger partial charge >= 0.3 is 0 Å². The second-order valence-electron chi connectivity index (χ2n) is 4.33. The van der Waals surface area contributed by atoms with Crippen molar-refractivity contribution in [2.24, 2.45) is 5.41 Å². The third kappa shape index (κ3) is 0.619. The molecule has 1 nitrogen and oxygen atoms in total. The summed E-state index contributed by atoms with van der Waals surface area (Å²) in [5.74, 6) is 0. The van der Waals surface area contributed by atoms with Crippen molar-refractivity contribution in [3.63, 3.8) is 0 Å². The molecule has 1 unspecified atom stereocenters. The molecule has 1 aliphatic carbocycles. The normalized spacial score (nSPS) is 43.8. The van der Waals surface area contributed by atoms with Gasteiger partial charge in [-0.25, -0.2) is 0 Å². The van der Waals surface area contributed by atoms with Crippen molar-refractivity contribution in [2.45, 2.75) is 45.1 Å². The average Bonchev–Trinajstić information content (AvgIpc) is 2.34. The zero-order chi connectivity index (χ0) is 7.24. The lowest BCUT2D eigenvalue weighted by Gasteiger charge is -2.53. The summed E-state index contributed by atoms with van der Waals surface area (Å²) in [7, 11) is 0. The molecule has 0 aromatic carbocycles. The fourth-order valence-electron chi connectivity index (χ4n) is 2.33. The van der Waals surface area contributed by atoms with E-state index >= 15 is 0 Å². The lowest BCUT2D eigenvalue weighted by atomic mass is 9.58. The zero-order valence-electron chi connectivity index (χ0n) is 6.94. The molecule has 2 rings (SSSR count). The molecule has 0 amide bonds. The summed E-state index contributed by atoms with van der Waals surface area (Å²) < 4.78 is 5.79. The number of ether oxygens (including phenoxy) is 1. The molecule has 1 aliphatic heterocycles. The van der Waals surface area contributed by atoms with E-state index in [-0.39, 0.29) is 0 Å². The van der Waals surface area contributed by atoms with E-state index in [2.05, 4.69) is 13.8 Å². The summed E-state index contributed by atoms with van der Waals surface area (Å²) in [6.07, 6.45) is 5.25. The Labute approximate surface area is 62.8 Å². The van der Waals surface area contributed by atoms with E-state index in [9.17, 15) is 0 Å². The minimum atomic E-state index is 0.312. The number of hydrogen-bond acceptors (Lipinski definition) is 1. The van der Waals surface area contributed by atoms with Crippen LogP contribution in [0.4, 0.5) is 0 Å². The predicted octanol–water partition coefficient (Wildman–Crippen LogP) is 2.36. The molecule has 2 aliphatic rings. The minimum absolute atomic E-state index is 0.312. The molecule has 10 heavy (non-hydrogen) atoms. The second-order valence-corrected chi connectivity index (χ2v) is 4.33. The van der Waals surface area contributed by atoms with Crippen LogP contribution in [-0.2, 0) is 4.74 Å². The van der Waals surface area contributed by atoms with E-state index < -0.39 is 0 Å². The van der Waals surface area contributed by atoms with Gasteiger partial charge in [0.15, 0.2) is 0 Å². The molecule has 1 atom stereocenters. The summed E-state index contributed by atoms with van der Waals surface area (Å²) in [4.78, 5) is 0. The van der Waals surface area contributed by atoms with Gasteiger partial charge in [0.1, 0.15) is 0 Å². The molecule has 0 aromatic heterocycles. The highest BCUT2D eigenvalue weighted by Crippen LogP contribution is 2.56. The van der Waals surface area contributed by atoms with Gasteiger partial charge in [-0.05, 0) is 31.1 Å². The van der Waals surface area contributed by atoms with Crippen molar-refractivity contribution in [3.05, 3.63) is 0 Å². The van der Waals surface area contributed by atoms with Crippen LogP contribution < -0.4 is 0 Å². The largest absolute Gasteiger partial charge is 0.374 e. The fraction of sp³-hybridized carbons (Fsp3) is 1.00. The first-order valence-electron chi connectivity index (χ1n) is 4.30. The van der Waals surface area contributed by atoms with E-state index in [0.29, 0.717) is 11.0 Å². The molecule has 58 valence electrons. The lowest BCUT2D eigenvalue weighted by molar-refractivity contribution is -0.158. The Hall–Kier alpha value is -0.0400. The Balaban J connectivity index is 2.15. The van der Waals surface area contributed by atoms with Crippen molar-refractivity contribution in [2.75, 3.05) is 6.61 Å². The van der Waals surface area contributed by atoms with Gasteiger partial charge in [0.25, 0.3) is 0 Å². The molecule has 0 radical (unpaired) electrons. The summed E-state index contributed by atoms with van der Waals surface area (Å²) >= 11 is 0. The molecule has 0 N–H and O–H groups in total. The molecular formula is C9H16O. The first-order chi connectivity index (χ1) is 4.66. The van der Waals surface area contributed by atoms with Crippen LogP contribution >= 0.6 is 0 Å². The van der Waals surface area contributed by atoms with Crippen LogP contribution in [0.2, 0.25) is 0 Å². The first kappa shape index (κ1) is 6.66. The Morgan fingerprint density at radius 2 is 1.90 bits per heavy atom. The van der Waals surface area contributed by atoms with Crippen LogP contribution in [0.1, 0.15) is 39.5 Å². The molecule has 1 heterocycles. The summed E-state index contributed by atoms with van der Waals surface area (Å²) in [6.45, 7) is 5.67. The Kier molecular flexibility index (Phi) is 1.17. The molecule has 2 fully saturated rings. The Morgan fingerprint density at radius 1 is 1.10 bits per heavy atom. The van der Waals surface area contributed by atoms with Crippen molar-refractivity contribution >= 4 is 0 Å². The predicted molar refractivity (Wildman–Crippen MR) is 40.9 cm³/mol. The summed E-state index contributed by atoms with van der Waals surface area (Å²) in [6, 6.07) is 0. The van der Waals surface area contributed by atoms with Gasteiger partial charge in [0.05, 0.1) is 5.60 Å². The van der Waals surface area contributed by atoms with E-state index in [4.69, 9.17) is 4.74 Å². The maximum Gasteiger partial charge on any atom is 0.0734 e. The highest BCUT2D eigenvalue weighted by Gasteiger charge is 2.55. The van der Waals surface area contributed by atoms with Gasteiger partial charge in [-0.15, -0.1) is 0 Å². The smallest absolute Gasteiger partial charge is 0.0734 e. The lowest BCUT2D eigenvalue weighted by Crippen LogP contribution is -2.53. The first-order valence-corrected chi connectivity index (χ1v) is 4.30. The number of hydrogen-bond donors (Lipinski definition) is 0. The highest BCUT2D eigenvalue weighted by atomic mass is 16.5. The quantitative estimate of drug-likeness (QED) is 0.502. The summed E-state index contributed by atoms with van der Waals surface area (Å²) in [5, 5.41) is 0. The van der Waals surface area contributed by atoms with Crippen molar-refractivity contribution in [3.8, 4) is 0 Å². The molecule has 1 saturated heterocycles. The van der Waals surface area contributed by atoms with Gasteiger partial charge in [0.2, 0.25) is 0 Å². The molecule has 1 heteroatoms. The van der Waals surface area contributed by atoms with Gasteiger partial charge in [-0.3, -0.25) is 0 Å². The van der Waals surface area contributed by atoms with E-state index in [1.807, 2.05) is 0 Å². The third-order valence-corrected chi connectivity index (χ3v) is 3.49. The van der Waals surface area contributed by atoms with Gasteiger partial charge in [-0.1, -0.05) is 13.8 Å². The third-order valence-electron chi connectivity index (χ3n) is 3.49. The van der Waals surface area contributed by atoms with E-state index in [1.165, 1.54) is 25.7 Å². The van der Waals surface area contributed by atoms with Crippen molar-refractivity contribution in [1.82, 2.24) is 0 Å². The Morgan fingerprint density at radius 3 is 2.10 bits per heavy atom. The van der Waals surface area contributed by atoms with Crippen LogP contribution in [0, 0.1) is 5.41 Å². The van der Waals surface area contributed by atoms with E-state index in [1.54, 1.807) is 0 Å². The Bertz CT molecular complexity index is 143. The zero-order valence-corrected chi connectivity index (χ0v) is 6.94. The molecule has 0 bridgehead atoms. The number of rotatable bonds is 0. The molecule has 0 aromatic rings. The maximum atomic E-state index is 5.79. The van der Waals surface area contributed by atoms with Crippen LogP contribution in [0.25, 0.3) is 0 Å². The van der Waals surface area contributed by atoms with Crippen molar-refractivity contribution in [1.29, 1.82) is 0 Å². The molecule has 1 saturated carbocycles. The molecular weight excluding hydrogens is 124 g/mol. The topological polar surface area (TPSA) is 9.23 Å².